The van der Waals surface area contributed by atoms with Crippen LogP contribution in [0, 0.1) is 0 Å². The Balaban J connectivity index is 1.07. The van der Waals surface area contributed by atoms with Gasteiger partial charge in [0.15, 0.2) is 0 Å². The number of thiophene rings is 1. The number of fused-ring (bicyclic) bond motifs is 6. The molecule has 0 bridgehead atoms. The number of benzene rings is 9. The maximum Gasteiger partial charge on any atom is 0.0468 e. The normalized spacial score (nSPS) is 11.4. The average molecular weight is 695 g/mol. The molecule has 0 fully saturated rings. The highest BCUT2D eigenvalue weighted by atomic mass is 32.1. The van der Waals surface area contributed by atoms with Crippen LogP contribution in [0.5, 0.6) is 0 Å². The molecule has 1 heterocycles. The van der Waals surface area contributed by atoms with Gasteiger partial charge in [-0.25, -0.2) is 0 Å². The standard InChI is InChI=1S/C50H34N2S/c1-4-14-37(15-5-1)51(38-16-6-2-7-17-38)41-29-26-36-32-46(43-20-10-11-21-44(43)47(36)33-41)35-24-27-40(28-25-35)52(39-18-8-3-9-19-39)42-30-31-50-48(34-42)45-22-12-13-23-49(45)53-50/h1-34H. The molecule has 53 heavy (non-hydrogen) atoms. The fourth-order valence-corrected chi connectivity index (χ4v) is 8.82. The third-order valence-electron chi connectivity index (χ3n) is 10.2. The first-order chi connectivity index (χ1) is 26.3. The van der Waals surface area contributed by atoms with Crippen LogP contribution in [-0.4, -0.2) is 0 Å². The van der Waals surface area contributed by atoms with Gasteiger partial charge in [0.05, 0.1) is 0 Å². The van der Waals surface area contributed by atoms with Gasteiger partial charge in [-0.15, -0.1) is 11.3 Å². The van der Waals surface area contributed by atoms with Crippen LogP contribution in [-0.2, 0) is 0 Å². The molecule has 1 aromatic heterocycles. The Kier molecular flexibility index (Phi) is 7.71. The zero-order valence-corrected chi connectivity index (χ0v) is 29.7. The minimum atomic E-state index is 1.12. The van der Waals surface area contributed by atoms with Crippen molar-refractivity contribution in [2.75, 3.05) is 9.80 Å². The second-order valence-corrected chi connectivity index (χ2v) is 14.5. The SMILES string of the molecule is c1ccc(N(c2ccccc2)c2ccc3cc(-c4ccc(N(c5ccccc5)c5ccc6sc7ccccc7c6c5)cc4)c4ccccc4c3c2)cc1. The Bertz CT molecular complexity index is 2840. The summed E-state index contributed by atoms with van der Waals surface area (Å²) in [7, 11) is 0. The summed E-state index contributed by atoms with van der Waals surface area (Å²) < 4.78 is 2.63. The van der Waals surface area contributed by atoms with Crippen molar-refractivity contribution in [1.82, 2.24) is 0 Å². The second-order valence-electron chi connectivity index (χ2n) is 13.4. The van der Waals surface area contributed by atoms with Crippen molar-refractivity contribution in [2.24, 2.45) is 0 Å². The Morgan fingerprint density at radius 1 is 0.283 bits per heavy atom. The van der Waals surface area contributed by atoms with E-state index in [9.17, 15) is 0 Å². The molecule has 0 aliphatic carbocycles. The largest absolute Gasteiger partial charge is 0.310 e. The number of nitrogens with zero attached hydrogens (tertiary/aromatic N) is 2. The molecule has 2 nitrogen and oxygen atoms in total. The molecular formula is C50H34N2S. The quantitative estimate of drug-likeness (QED) is 0.153. The Labute approximate surface area is 313 Å². The highest BCUT2D eigenvalue weighted by Gasteiger charge is 2.17. The first-order valence-corrected chi connectivity index (χ1v) is 18.8. The topological polar surface area (TPSA) is 6.48 Å². The summed E-state index contributed by atoms with van der Waals surface area (Å²) >= 11 is 1.85. The minimum absolute atomic E-state index is 1.12. The summed E-state index contributed by atoms with van der Waals surface area (Å²) in [6.07, 6.45) is 0. The molecule has 10 aromatic rings. The van der Waals surface area contributed by atoms with E-state index in [1.165, 1.54) is 52.8 Å². The van der Waals surface area contributed by atoms with Crippen LogP contribution >= 0.6 is 11.3 Å². The van der Waals surface area contributed by atoms with Crippen LogP contribution in [0.4, 0.5) is 34.1 Å². The van der Waals surface area contributed by atoms with E-state index in [0.29, 0.717) is 0 Å². The van der Waals surface area contributed by atoms with Crippen LogP contribution in [0.3, 0.4) is 0 Å². The molecular weight excluding hydrogens is 661 g/mol. The summed E-state index contributed by atoms with van der Waals surface area (Å²) in [6.45, 7) is 0. The van der Waals surface area contributed by atoms with E-state index in [2.05, 4.69) is 216 Å². The summed E-state index contributed by atoms with van der Waals surface area (Å²) in [5.74, 6) is 0. The number of hydrogen-bond acceptors (Lipinski definition) is 3. The van der Waals surface area contributed by atoms with Gasteiger partial charge in [-0.05, 0) is 124 Å². The minimum Gasteiger partial charge on any atom is -0.310 e. The molecule has 3 heteroatoms. The zero-order chi connectivity index (χ0) is 35.1. The van der Waals surface area contributed by atoms with E-state index in [4.69, 9.17) is 0 Å². The smallest absolute Gasteiger partial charge is 0.0468 e. The molecule has 0 aliphatic heterocycles. The van der Waals surface area contributed by atoms with Crippen LogP contribution in [0.2, 0.25) is 0 Å². The van der Waals surface area contributed by atoms with Crippen molar-refractivity contribution in [3.05, 3.63) is 206 Å². The predicted octanol–water partition coefficient (Wildman–Crippen LogP) is 15.0. The van der Waals surface area contributed by atoms with Gasteiger partial charge in [0.25, 0.3) is 0 Å². The van der Waals surface area contributed by atoms with E-state index in [0.717, 1.165) is 34.1 Å². The van der Waals surface area contributed by atoms with Gasteiger partial charge in [-0.3, -0.25) is 0 Å². The van der Waals surface area contributed by atoms with Gasteiger partial charge >= 0.3 is 0 Å². The molecule has 0 atom stereocenters. The van der Waals surface area contributed by atoms with Gasteiger partial charge < -0.3 is 9.80 Å². The monoisotopic (exact) mass is 694 g/mol. The molecule has 10 rings (SSSR count). The lowest BCUT2D eigenvalue weighted by Crippen LogP contribution is -2.09. The lowest BCUT2D eigenvalue weighted by molar-refractivity contribution is 1.29. The Hall–Kier alpha value is -6.68. The van der Waals surface area contributed by atoms with Gasteiger partial charge in [-0.1, -0.05) is 115 Å². The molecule has 0 unspecified atom stereocenters. The third-order valence-corrected chi connectivity index (χ3v) is 11.4. The van der Waals surface area contributed by atoms with Gasteiger partial charge in [0, 0.05) is 54.3 Å². The molecule has 9 aromatic carbocycles. The van der Waals surface area contributed by atoms with Crippen molar-refractivity contribution in [3.8, 4) is 11.1 Å². The van der Waals surface area contributed by atoms with Crippen molar-refractivity contribution in [2.45, 2.75) is 0 Å². The molecule has 0 aliphatic rings. The van der Waals surface area contributed by atoms with E-state index < -0.39 is 0 Å². The Morgan fingerprint density at radius 3 is 1.36 bits per heavy atom. The molecule has 0 spiro atoms. The fourth-order valence-electron chi connectivity index (χ4n) is 7.74. The summed E-state index contributed by atoms with van der Waals surface area (Å²) in [5, 5.41) is 7.54. The van der Waals surface area contributed by atoms with Crippen molar-refractivity contribution < 1.29 is 0 Å². The van der Waals surface area contributed by atoms with Crippen LogP contribution in [0.25, 0.3) is 52.8 Å². The lowest BCUT2D eigenvalue weighted by atomic mass is 9.92. The van der Waals surface area contributed by atoms with Crippen LogP contribution < -0.4 is 9.80 Å². The number of para-hydroxylation sites is 3. The zero-order valence-electron chi connectivity index (χ0n) is 28.9. The molecule has 250 valence electrons. The predicted molar refractivity (Wildman–Crippen MR) is 229 cm³/mol. The van der Waals surface area contributed by atoms with Crippen LogP contribution in [0.1, 0.15) is 0 Å². The van der Waals surface area contributed by atoms with Crippen molar-refractivity contribution in [3.63, 3.8) is 0 Å². The lowest BCUT2D eigenvalue weighted by Gasteiger charge is -2.26. The van der Waals surface area contributed by atoms with Gasteiger partial charge in [0.2, 0.25) is 0 Å². The second kappa shape index (κ2) is 13.1. The first kappa shape index (κ1) is 31.1. The molecule has 0 N–H and O–H groups in total. The van der Waals surface area contributed by atoms with Gasteiger partial charge in [-0.2, -0.15) is 0 Å². The van der Waals surface area contributed by atoms with E-state index in [1.807, 2.05) is 11.3 Å². The molecule has 0 saturated heterocycles. The number of hydrogen-bond donors (Lipinski definition) is 0. The van der Waals surface area contributed by atoms with Crippen molar-refractivity contribution in [1.29, 1.82) is 0 Å². The fraction of sp³-hybridized carbons (Fsp3) is 0. The molecule has 0 radical (unpaired) electrons. The third kappa shape index (κ3) is 5.59. The van der Waals surface area contributed by atoms with E-state index in [-0.39, 0.29) is 0 Å². The number of rotatable bonds is 7. The number of anilines is 6. The highest BCUT2D eigenvalue weighted by molar-refractivity contribution is 7.25. The van der Waals surface area contributed by atoms with E-state index >= 15 is 0 Å². The summed E-state index contributed by atoms with van der Waals surface area (Å²) in [6, 6.07) is 74.6. The highest BCUT2D eigenvalue weighted by Crippen LogP contribution is 2.43. The van der Waals surface area contributed by atoms with Crippen LogP contribution in [0.15, 0.2) is 206 Å². The molecule has 0 amide bonds. The van der Waals surface area contributed by atoms with E-state index in [1.54, 1.807) is 0 Å². The molecule has 0 saturated carbocycles. The summed E-state index contributed by atoms with van der Waals surface area (Å²) in [5.41, 5.74) is 9.21. The van der Waals surface area contributed by atoms with Gasteiger partial charge in [0.1, 0.15) is 0 Å². The first-order valence-electron chi connectivity index (χ1n) is 18.0. The maximum atomic E-state index is 2.36. The summed E-state index contributed by atoms with van der Waals surface area (Å²) in [4.78, 5) is 4.69. The Morgan fingerprint density at radius 2 is 0.736 bits per heavy atom. The van der Waals surface area contributed by atoms with Crippen molar-refractivity contribution >= 4 is 87.2 Å². The maximum absolute atomic E-state index is 2.36. The average Bonchev–Trinajstić information content (AvgIpc) is 3.60.